The third-order valence-corrected chi connectivity index (χ3v) is 0.560. The lowest BCUT2D eigenvalue weighted by Crippen LogP contribution is -2.17. The predicted octanol–water partition coefficient (Wildman–Crippen LogP) is 1.79. The highest BCUT2D eigenvalue weighted by Crippen LogP contribution is 1.80. The predicted molar refractivity (Wildman–Crippen MR) is 56.6 cm³/mol. The quantitative estimate of drug-likeness (QED) is 0.440. The van der Waals surface area contributed by atoms with Crippen molar-refractivity contribution in [3.8, 4) is 0 Å². The van der Waals surface area contributed by atoms with Crippen LogP contribution in [0.25, 0.3) is 0 Å². The molecule has 0 aliphatic rings. The second-order valence-corrected chi connectivity index (χ2v) is 2.01. The van der Waals surface area contributed by atoms with Gasteiger partial charge in [-0.3, -0.25) is 4.79 Å². The lowest BCUT2D eigenvalue weighted by Gasteiger charge is -2.01. The monoisotopic (exact) mass is 299 g/mol. The van der Waals surface area contributed by atoms with Gasteiger partial charge in [-0.25, -0.2) is 0 Å². The molecule has 0 radical (unpaired) electrons. The Balaban J connectivity index is -0.000000149. The Morgan fingerprint density at radius 1 is 1.50 bits per heavy atom. The van der Waals surface area contributed by atoms with Crippen LogP contribution in [0.3, 0.4) is 0 Å². The molecular formula is C5H12Cl2INO. The van der Waals surface area contributed by atoms with Crippen LogP contribution < -0.4 is 0 Å². The van der Waals surface area contributed by atoms with E-state index in [0.29, 0.717) is 6.54 Å². The van der Waals surface area contributed by atoms with Crippen molar-refractivity contribution in [2.45, 2.75) is 0 Å². The Morgan fingerprint density at radius 2 is 1.80 bits per heavy atom. The molecule has 10 heavy (non-hydrogen) atoms. The topological polar surface area (TPSA) is 20.3 Å². The molecule has 0 aromatic carbocycles. The van der Waals surface area contributed by atoms with E-state index in [-0.39, 0.29) is 17.6 Å². The Morgan fingerprint density at radius 3 is 1.80 bits per heavy atom. The molecule has 0 atom stereocenters. The van der Waals surface area contributed by atoms with Crippen LogP contribution in [0.2, 0.25) is 0 Å². The van der Waals surface area contributed by atoms with Crippen LogP contribution in [-0.4, -0.2) is 35.7 Å². The number of carbonyl (C=O) groups excluding carboxylic acids is 1. The molecule has 0 saturated carbocycles. The summed E-state index contributed by atoms with van der Waals surface area (Å²) in [5.74, 6) is 0. The zero-order valence-electron chi connectivity index (χ0n) is 6.23. The molecule has 0 fully saturated rings. The van der Waals surface area contributed by atoms with Gasteiger partial charge in [-0.2, -0.15) is 0 Å². The van der Waals surface area contributed by atoms with Crippen molar-refractivity contribution < 1.29 is 4.79 Å². The van der Waals surface area contributed by atoms with Crippen LogP contribution in [-0.2, 0) is 4.79 Å². The first kappa shape index (κ1) is 17.1. The molecule has 0 aromatic rings. The third-order valence-electron chi connectivity index (χ3n) is 0.441. The minimum absolute atomic E-state index is 0. The summed E-state index contributed by atoms with van der Waals surface area (Å²) in [5.41, 5.74) is 0. The van der Waals surface area contributed by atoms with E-state index in [1.54, 1.807) is 19.0 Å². The molecule has 2 nitrogen and oxygen atoms in total. The molecule has 0 N–H and O–H groups in total. The van der Waals surface area contributed by atoms with E-state index < -0.39 is 0 Å². The number of hydrogen-bond acceptors (Lipinski definition) is 2. The van der Waals surface area contributed by atoms with Gasteiger partial charge >= 0.3 is 0 Å². The molecule has 0 aliphatic heterocycles. The number of carbonyl (C=O) groups is 1. The Bertz CT molecular complexity index is 80.0. The standard InChI is InChI=1S/C4H8ClNO.CH3I.ClH/c1-6(2)3-4(5)7;1-2;/h3H2,1-2H3;1H3;1H. The molecule has 0 saturated heterocycles. The van der Waals surface area contributed by atoms with Gasteiger partial charge in [0.25, 0.3) is 0 Å². The summed E-state index contributed by atoms with van der Waals surface area (Å²) < 4.78 is 0. The fourth-order valence-electron chi connectivity index (χ4n) is 0.249. The molecule has 5 heteroatoms. The van der Waals surface area contributed by atoms with Crippen molar-refractivity contribution in [1.82, 2.24) is 4.90 Å². The summed E-state index contributed by atoms with van der Waals surface area (Å²) >= 11 is 7.14. The molecule has 0 spiro atoms. The first-order valence-electron chi connectivity index (χ1n) is 2.34. The molecule has 0 amide bonds. The van der Waals surface area contributed by atoms with Crippen molar-refractivity contribution in [3.63, 3.8) is 0 Å². The number of halogens is 3. The minimum atomic E-state index is -0.315. The fraction of sp³-hybridized carbons (Fsp3) is 0.800. The normalized spacial score (nSPS) is 7.40. The van der Waals surface area contributed by atoms with E-state index in [1.165, 1.54) is 0 Å². The summed E-state index contributed by atoms with van der Waals surface area (Å²) in [5, 5.41) is -0.315. The van der Waals surface area contributed by atoms with Crippen molar-refractivity contribution in [3.05, 3.63) is 0 Å². The second-order valence-electron chi connectivity index (χ2n) is 1.59. The van der Waals surface area contributed by atoms with Gasteiger partial charge in [0.05, 0.1) is 6.54 Å². The zero-order valence-corrected chi connectivity index (χ0v) is 9.96. The maximum atomic E-state index is 9.98. The lowest BCUT2D eigenvalue weighted by atomic mass is 10.7. The van der Waals surface area contributed by atoms with Gasteiger partial charge < -0.3 is 4.90 Å². The summed E-state index contributed by atoms with van der Waals surface area (Å²) in [6, 6.07) is 0. The highest BCUT2D eigenvalue weighted by molar-refractivity contribution is 14.1. The van der Waals surface area contributed by atoms with Gasteiger partial charge in [0, 0.05) is 0 Å². The smallest absolute Gasteiger partial charge is 0.235 e. The van der Waals surface area contributed by atoms with Crippen LogP contribution >= 0.6 is 46.6 Å². The van der Waals surface area contributed by atoms with E-state index in [2.05, 4.69) is 22.6 Å². The maximum Gasteiger partial charge on any atom is 0.235 e. The molecule has 0 heterocycles. The minimum Gasteiger partial charge on any atom is -0.301 e. The molecular weight excluding hydrogens is 288 g/mol. The number of hydrogen-bond donors (Lipinski definition) is 0. The van der Waals surface area contributed by atoms with Crippen LogP contribution in [0.15, 0.2) is 0 Å². The van der Waals surface area contributed by atoms with Crippen molar-refractivity contribution in [1.29, 1.82) is 0 Å². The van der Waals surface area contributed by atoms with Gasteiger partial charge in [-0.15, -0.1) is 12.4 Å². The summed E-state index contributed by atoms with van der Waals surface area (Å²) in [6.45, 7) is 0.321. The van der Waals surface area contributed by atoms with E-state index in [4.69, 9.17) is 11.6 Å². The summed E-state index contributed by atoms with van der Waals surface area (Å²) in [6.07, 6.45) is 0. The highest BCUT2D eigenvalue weighted by atomic mass is 127. The van der Waals surface area contributed by atoms with Crippen molar-refractivity contribution >= 4 is 51.8 Å². The fourth-order valence-corrected chi connectivity index (χ4v) is 0.488. The number of rotatable bonds is 2. The average Bonchev–Trinajstić information content (AvgIpc) is 1.68. The molecule has 0 rings (SSSR count). The van der Waals surface area contributed by atoms with E-state index >= 15 is 0 Å². The molecule has 0 aliphatic carbocycles. The first-order chi connectivity index (χ1) is 4.13. The van der Waals surface area contributed by atoms with Crippen LogP contribution in [0, 0.1) is 0 Å². The van der Waals surface area contributed by atoms with Gasteiger partial charge in [0.1, 0.15) is 0 Å². The van der Waals surface area contributed by atoms with Crippen molar-refractivity contribution in [2.75, 3.05) is 25.6 Å². The lowest BCUT2D eigenvalue weighted by molar-refractivity contribution is -0.112. The molecule has 0 aromatic heterocycles. The first-order valence-corrected chi connectivity index (χ1v) is 4.87. The highest BCUT2D eigenvalue weighted by Gasteiger charge is 1.94. The molecule has 64 valence electrons. The van der Waals surface area contributed by atoms with Gasteiger partial charge in [0.2, 0.25) is 5.24 Å². The zero-order chi connectivity index (χ0) is 7.86. The summed E-state index contributed by atoms with van der Waals surface area (Å²) in [4.78, 5) is 13.7. The molecule has 0 bridgehead atoms. The largest absolute Gasteiger partial charge is 0.301 e. The number of nitrogens with zero attached hydrogens (tertiary/aromatic N) is 1. The number of alkyl halides is 1. The number of likely N-dealkylation sites (N-methyl/N-ethyl adjacent to an activating group) is 1. The van der Waals surface area contributed by atoms with Crippen molar-refractivity contribution in [2.24, 2.45) is 0 Å². The summed E-state index contributed by atoms with van der Waals surface area (Å²) in [7, 11) is 3.58. The van der Waals surface area contributed by atoms with Gasteiger partial charge in [-0.1, -0.05) is 22.6 Å². The Kier molecular flexibility index (Phi) is 21.6. The van der Waals surface area contributed by atoms with E-state index in [1.807, 2.05) is 4.93 Å². The van der Waals surface area contributed by atoms with E-state index in [9.17, 15) is 4.79 Å². The van der Waals surface area contributed by atoms with Crippen LogP contribution in [0.4, 0.5) is 0 Å². The third kappa shape index (κ3) is 23.1. The van der Waals surface area contributed by atoms with Crippen LogP contribution in [0.1, 0.15) is 0 Å². The SMILES string of the molecule is CI.CN(C)CC(=O)Cl.Cl. The second kappa shape index (κ2) is 12.6. The maximum absolute atomic E-state index is 9.98. The van der Waals surface area contributed by atoms with E-state index in [0.717, 1.165) is 0 Å². The van der Waals surface area contributed by atoms with Gasteiger partial charge in [-0.05, 0) is 30.6 Å². The Labute approximate surface area is 86.8 Å². The molecule has 0 unspecified atom stereocenters. The van der Waals surface area contributed by atoms with Crippen LogP contribution in [0.5, 0.6) is 0 Å². The van der Waals surface area contributed by atoms with Gasteiger partial charge in [0.15, 0.2) is 0 Å². The average molecular weight is 300 g/mol. The Hall–Kier alpha value is 0.940.